The molecule has 1 aliphatic heterocycles. The van der Waals surface area contributed by atoms with Crippen molar-refractivity contribution in [1.82, 2.24) is 14.7 Å². The molecule has 21 heavy (non-hydrogen) atoms. The molecule has 1 aliphatic rings. The van der Waals surface area contributed by atoms with Crippen LogP contribution >= 0.6 is 11.8 Å². The molecule has 1 fully saturated rings. The maximum atomic E-state index is 12.5. The summed E-state index contributed by atoms with van der Waals surface area (Å²) < 4.78 is 0. The normalized spacial score (nSPS) is 21.2. The van der Waals surface area contributed by atoms with Gasteiger partial charge < -0.3 is 14.9 Å². The highest BCUT2D eigenvalue weighted by atomic mass is 32.2. The zero-order valence-corrected chi connectivity index (χ0v) is 13.7. The lowest BCUT2D eigenvalue weighted by Gasteiger charge is -2.31. The molecule has 0 aromatic carbocycles. The molecule has 0 bridgehead atoms. The van der Waals surface area contributed by atoms with Crippen LogP contribution in [0.4, 0.5) is 4.79 Å². The number of likely N-dealkylation sites (N-methyl/N-ethyl adjacent to an activating group) is 2. The number of rotatable bonds is 5. The maximum Gasteiger partial charge on any atom is 0.327 e. The Kier molecular flexibility index (Phi) is 6.32. The molecule has 1 saturated heterocycles. The van der Waals surface area contributed by atoms with Crippen molar-refractivity contribution in [3.63, 3.8) is 0 Å². The zero-order valence-electron chi connectivity index (χ0n) is 12.9. The van der Waals surface area contributed by atoms with Crippen LogP contribution in [0.15, 0.2) is 0 Å². The van der Waals surface area contributed by atoms with Gasteiger partial charge in [-0.25, -0.2) is 9.59 Å². The first-order valence-electron chi connectivity index (χ1n) is 6.87. The summed E-state index contributed by atoms with van der Waals surface area (Å²) in [6, 6.07) is -1.22. The molecule has 0 aliphatic carbocycles. The van der Waals surface area contributed by atoms with Gasteiger partial charge in [0.15, 0.2) is 0 Å². The highest BCUT2D eigenvalue weighted by Gasteiger charge is 2.42. The smallest absolute Gasteiger partial charge is 0.327 e. The minimum atomic E-state index is -0.998. The summed E-state index contributed by atoms with van der Waals surface area (Å²) >= 11 is 1.48. The number of carboxylic acids is 1. The lowest BCUT2D eigenvalue weighted by Crippen LogP contribution is -2.52. The average molecular weight is 317 g/mol. The predicted molar refractivity (Wildman–Crippen MR) is 81.1 cm³/mol. The third kappa shape index (κ3) is 4.26. The molecule has 1 heterocycles. The minimum absolute atomic E-state index is 0.0574. The standard InChI is InChI=1S/C13H23N3O4S/c1-5-6-11-16(9(8-21-11)12(18)19)13(20)15(4)7-10(17)14(2)3/h9,11H,5-8H2,1-4H3,(H,18,19). The predicted octanol–water partition coefficient (Wildman–Crippen LogP) is 0.755. The maximum absolute atomic E-state index is 12.5. The van der Waals surface area contributed by atoms with Gasteiger partial charge >= 0.3 is 12.0 Å². The number of aliphatic carboxylic acids is 1. The van der Waals surface area contributed by atoms with Crippen molar-refractivity contribution in [2.45, 2.75) is 31.2 Å². The van der Waals surface area contributed by atoms with Gasteiger partial charge in [0.2, 0.25) is 5.91 Å². The lowest BCUT2D eigenvalue weighted by atomic mass is 10.2. The van der Waals surface area contributed by atoms with E-state index in [2.05, 4.69) is 0 Å². The summed E-state index contributed by atoms with van der Waals surface area (Å²) in [5, 5.41) is 9.13. The molecule has 1 rings (SSSR count). The summed E-state index contributed by atoms with van der Waals surface area (Å²) in [6.07, 6.45) is 1.61. The van der Waals surface area contributed by atoms with Crippen LogP contribution in [-0.4, -0.2) is 82.6 Å². The fourth-order valence-corrected chi connectivity index (χ4v) is 3.60. The number of amides is 3. The molecule has 0 aromatic heterocycles. The molecule has 0 spiro atoms. The van der Waals surface area contributed by atoms with Gasteiger partial charge in [-0.2, -0.15) is 0 Å². The van der Waals surface area contributed by atoms with Crippen LogP contribution < -0.4 is 0 Å². The molecule has 1 N–H and O–H groups in total. The van der Waals surface area contributed by atoms with Gasteiger partial charge in [-0.15, -0.1) is 11.8 Å². The molecule has 2 atom stereocenters. The Morgan fingerprint density at radius 3 is 2.38 bits per heavy atom. The van der Waals surface area contributed by atoms with E-state index in [0.717, 1.165) is 12.8 Å². The van der Waals surface area contributed by atoms with Gasteiger partial charge in [-0.05, 0) is 6.42 Å². The number of urea groups is 1. The number of carbonyl (C=O) groups is 3. The Bertz CT molecular complexity index is 416. The third-order valence-corrected chi connectivity index (χ3v) is 4.69. The largest absolute Gasteiger partial charge is 0.480 e. The van der Waals surface area contributed by atoms with Gasteiger partial charge in [0, 0.05) is 26.9 Å². The molecule has 120 valence electrons. The first-order chi connectivity index (χ1) is 9.79. The zero-order chi connectivity index (χ0) is 16.2. The number of thioether (sulfide) groups is 1. The molecule has 0 aromatic rings. The van der Waals surface area contributed by atoms with Crippen LogP contribution in [-0.2, 0) is 9.59 Å². The summed E-state index contributed by atoms with van der Waals surface area (Å²) in [4.78, 5) is 39.6. The Morgan fingerprint density at radius 1 is 1.29 bits per heavy atom. The van der Waals surface area contributed by atoms with Gasteiger partial charge in [0.25, 0.3) is 0 Å². The first kappa shape index (κ1) is 17.6. The molecular weight excluding hydrogens is 294 g/mol. The molecular formula is C13H23N3O4S. The Balaban J connectivity index is 2.83. The van der Waals surface area contributed by atoms with Crippen molar-refractivity contribution >= 4 is 29.7 Å². The highest BCUT2D eigenvalue weighted by molar-refractivity contribution is 8.00. The summed E-state index contributed by atoms with van der Waals surface area (Å²) in [5.41, 5.74) is 0. The molecule has 3 amide bonds. The van der Waals surface area contributed by atoms with Crippen molar-refractivity contribution < 1.29 is 19.5 Å². The van der Waals surface area contributed by atoms with Gasteiger partial charge in [0.05, 0.1) is 5.37 Å². The topological polar surface area (TPSA) is 81.2 Å². The molecule has 7 nitrogen and oxygen atoms in total. The Labute approximate surface area is 129 Å². The van der Waals surface area contributed by atoms with Crippen LogP contribution in [0.5, 0.6) is 0 Å². The number of carboxylic acid groups (broad SMARTS) is 1. The Morgan fingerprint density at radius 2 is 1.90 bits per heavy atom. The number of nitrogens with zero attached hydrogens (tertiary/aromatic N) is 3. The van der Waals surface area contributed by atoms with Crippen LogP contribution in [0.1, 0.15) is 19.8 Å². The number of hydrogen-bond donors (Lipinski definition) is 1. The Hall–Kier alpha value is -1.44. The summed E-state index contributed by atoms with van der Waals surface area (Å²) in [6.45, 7) is 1.94. The van der Waals surface area contributed by atoms with E-state index in [4.69, 9.17) is 0 Å². The van der Waals surface area contributed by atoms with E-state index in [-0.39, 0.29) is 17.8 Å². The van der Waals surface area contributed by atoms with Gasteiger partial charge in [-0.3, -0.25) is 9.69 Å². The van der Waals surface area contributed by atoms with Crippen molar-refractivity contribution in [1.29, 1.82) is 0 Å². The number of hydrogen-bond acceptors (Lipinski definition) is 4. The van der Waals surface area contributed by atoms with E-state index in [0.29, 0.717) is 5.75 Å². The lowest BCUT2D eigenvalue weighted by molar-refractivity contribution is -0.141. The summed E-state index contributed by atoms with van der Waals surface area (Å²) in [5.74, 6) is -0.806. The molecule has 0 radical (unpaired) electrons. The van der Waals surface area contributed by atoms with Crippen LogP contribution in [0, 0.1) is 0 Å². The summed E-state index contributed by atoms with van der Waals surface area (Å²) in [7, 11) is 4.76. The van der Waals surface area contributed by atoms with Gasteiger partial charge in [-0.1, -0.05) is 13.3 Å². The highest BCUT2D eigenvalue weighted by Crippen LogP contribution is 2.33. The van der Waals surface area contributed by atoms with Gasteiger partial charge in [0.1, 0.15) is 12.6 Å². The van der Waals surface area contributed by atoms with E-state index in [1.54, 1.807) is 14.1 Å². The second-order valence-corrected chi connectivity index (χ2v) is 6.48. The van der Waals surface area contributed by atoms with E-state index in [9.17, 15) is 19.5 Å². The molecule has 2 unspecified atom stereocenters. The van der Waals surface area contributed by atoms with Crippen LogP contribution in [0.3, 0.4) is 0 Å². The first-order valence-corrected chi connectivity index (χ1v) is 7.92. The van der Waals surface area contributed by atoms with Crippen molar-refractivity contribution in [2.24, 2.45) is 0 Å². The van der Waals surface area contributed by atoms with Crippen molar-refractivity contribution in [3.05, 3.63) is 0 Å². The minimum Gasteiger partial charge on any atom is -0.480 e. The second-order valence-electron chi connectivity index (χ2n) is 5.26. The third-order valence-electron chi connectivity index (χ3n) is 3.33. The van der Waals surface area contributed by atoms with Crippen LogP contribution in [0.25, 0.3) is 0 Å². The van der Waals surface area contributed by atoms with Crippen molar-refractivity contribution in [3.8, 4) is 0 Å². The average Bonchev–Trinajstić information content (AvgIpc) is 2.81. The second kappa shape index (κ2) is 7.53. The quantitative estimate of drug-likeness (QED) is 0.809. The van der Waals surface area contributed by atoms with E-state index >= 15 is 0 Å². The van der Waals surface area contributed by atoms with E-state index in [1.807, 2.05) is 6.92 Å². The fraction of sp³-hybridized carbons (Fsp3) is 0.769. The van der Waals surface area contributed by atoms with E-state index < -0.39 is 18.0 Å². The SMILES string of the molecule is CCCC1SCC(C(=O)O)N1C(=O)N(C)CC(=O)N(C)C. The molecule has 0 saturated carbocycles. The molecule has 8 heteroatoms. The van der Waals surface area contributed by atoms with E-state index in [1.165, 1.54) is 33.5 Å². The number of carbonyl (C=O) groups excluding carboxylic acids is 2. The van der Waals surface area contributed by atoms with Crippen LogP contribution in [0.2, 0.25) is 0 Å². The monoisotopic (exact) mass is 317 g/mol. The van der Waals surface area contributed by atoms with Crippen molar-refractivity contribution in [2.75, 3.05) is 33.4 Å². The fourth-order valence-electron chi connectivity index (χ4n) is 2.09.